The highest BCUT2D eigenvalue weighted by molar-refractivity contribution is 7.97. The van der Waals surface area contributed by atoms with E-state index in [9.17, 15) is 18.0 Å². The molecule has 3 aromatic carbocycles. The first-order valence-electron chi connectivity index (χ1n) is 9.81. The van der Waals surface area contributed by atoms with Crippen LogP contribution in [-0.4, -0.2) is 36.1 Å². The SMILES string of the molecule is COc1ccc(SN(C)Cc2cc(-c3cc(F)cc(C#N)c3)c(OCC(=O)O)cc2F)cc1F. The summed E-state index contributed by atoms with van der Waals surface area (Å²) in [6.07, 6.45) is 0. The van der Waals surface area contributed by atoms with Crippen LogP contribution in [0.5, 0.6) is 11.5 Å². The molecule has 0 radical (unpaired) electrons. The number of carboxylic acid groups (broad SMARTS) is 1. The maximum absolute atomic E-state index is 14.9. The summed E-state index contributed by atoms with van der Waals surface area (Å²) < 4.78 is 54.7. The first kappa shape index (κ1) is 25.0. The molecule has 0 amide bonds. The van der Waals surface area contributed by atoms with Gasteiger partial charge in [0.1, 0.15) is 17.4 Å². The number of nitrogens with zero attached hydrogens (tertiary/aromatic N) is 2. The van der Waals surface area contributed by atoms with E-state index in [1.54, 1.807) is 17.4 Å². The molecule has 0 aliphatic rings. The quantitative estimate of drug-likeness (QED) is 0.412. The number of aliphatic carboxylic acids is 1. The van der Waals surface area contributed by atoms with E-state index in [1.165, 1.54) is 43.3 Å². The predicted octanol–water partition coefficient (Wildman–Crippen LogP) is 5.25. The van der Waals surface area contributed by atoms with Gasteiger partial charge in [-0.2, -0.15) is 5.26 Å². The highest BCUT2D eigenvalue weighted by atomic mass is 32.2. The molecule has 0 saturated heterocycles. The molecule has 3 aromatic rings. The monoisotopic (exact) mass is 488 g/mol. The van der Waals surface area contributed by atoms with Gasteiger partial charge in [-0.3, -0.25) is 0 Å². The Kier molecular flexibility index (Phi) is 8.04. The Morgan fingerprint density at radius 3 is 2.50 bits per heavy atom. The van der Waals surface area contributed by atoms with Crippen LogP contribution in [-0.2, 0) is 11.3 Å². The number of carbonyl (C=O) groups is 1. The lowest BCUT2D eigenvalue weighted by Gasteiger charge is -2.19. The molecule has 0 heterocycles. The largest absolute Gasteiger partial charge is 0.494 e. The van der Waals surface area contributed by atoms with Gasteiger partial charge in [-0.25, -0.2) is 22.3 Å². The summed E-state index contributed by atoms with van der Waals surface area (Å²) in [6.45, 7) is -0.665. The Bertz CT molecular complexity index is 1260. The summed E-state index contributed by atoms with van der Waals surface area (Å²) in [5.41, 5.74) is 0.692. The fraction of sp³-hybridized carbons (Fsp3) is 0.167. The molecular weight excluding hydrogens is 469 g/mol. The van der Waals surface area contributed by atoms with E-state index in [-0.39, 0.29) is 40.3 Å². The molecular formula is C24H19F3N2O4S. The standard InChI is InChI=1S/C24H19F3N2O4S/c1-29(34-18-3-4-22(32-2)21(27)9-18)12-16-8-19(15-5-14(11-28)6-17(25)7-15)23(10-20(16)26)33-13-24(30)31/h3-10H,12-13H2,1-2H3,(H,30,31). The maximum Gasteiger partial charge on any atom is 0.341 e. The summed E-state index contributed by atoms with van der Waals surface area (Å²) in [5.74, 6) is -3.16. The number of methoxy groups -OCH3 is 1. The third-order valence-corrected chi connectivity index (χ3v) is 5.52. The number of hydrogen-bond acceptors (Lipinski definition) is 6. The van der Waals surface area contributed by atoms with Gasteiger partial charge in [0.2, 0.25) is 0 Å². The van der Waals surface area contributed by atoms with Crippen molar-refractivity contribution in [1.82, 2.24) is 4.31 Å². The van der Waals surface area contributed by atoms with Crippen molar-refractivity contribution in [3.63, 3.8) is 0 Å². The van der Waals surface area contributed by atoms with E-state index in [0.717, 1.165) is 18.2 Å². The molecule has 34 heavy (non-hydrogen) atoms. The van der Waals surface area contributed by atoms with Gasteiger partial charge in [-0.05, 0) is 67.0 Å². The van der Waals surface area contributed by atoms with Crippen LogP contribution >= 0.6 is 11.9 Å². The van der Waals surface area contributed by atoms with E-state index in [2.05, 4.69) is 0 Å². The van der Waals surface area contributed by atoms with Gasteiger partial charge < -0.3 is 14.6 Å². The van der Waals surface area contributed by atoms with Gasteiger partial charge in [-0.1, -0.05) is 0 Å². The number of halogens is 3. The molecule has 3 rings (SSSR count). The normalized spacial score (nSPS) is 10.7. The number of benzene rings is 3. The lowest BCUT2D eigenvalue weighted by molar-refractivity contribution is -0.139. The van der Waals surface area contributed by atoms with Crippen LogP contribution in [0.3, 0.4) is 0 Å². The summed E-state index contributed by atoms with van der Waals surface area (Å²) in [4.78, 5) is 11.5. The highest BCUT2D eigenvalue weighted by Gasteiger charge is 2.17. The van der Waals surface area contributed by atoms with Crippen molar-refractivity contribution < 1.29 is 32.5 Å². The molecule has 1 N–H and O–H groups in total. The third kappa shape index (κ3) is 6.21. The fourth-order valence-corrected chi connectivity index (χ4v) is 4.02. The van der Waals surface area contributed by atoms with Crippen LogP contribution in [0.15, 0.2) is 53.4 Å². The van der Waals surface area contributed by atoms with Crippen LogP contribution in [0.2, 0.25) is 0 Å². The molecule has 176 valence electrons. The Morgan fingerprint density at radius 1 is 1.09 bits per heavy atom. The molecule has 0 fully saturated rings. The number of rotatable bonds is 9. The molecule has 10 heteroatoms. The maximum atomic E-state index is 14.9. The van der Waals surface area contributed by atoms with Gasteiger partial charge >= 0.3 is 5.97 Å². The van der Waals surface area contributed by atoms with Gasteiger partial charge in [0.25, 0.3) is 0 Å². The second-order valence-corrected chi connectivity index (χ2v) is 8.41. The zero-order chi connectivity index (χ0) is 24.8. The average Bonchev–Trinajstić information content (AvgIpc) is 2.78. The van der Waals surface area contributed by atoms with Crippen molar-refractivity contribution in [1.29, 1.82) is 5.26 Å². The second kappa shape index (κ2) is 11.0. The zero-order valence-electron chi connectivity index (χ0n) is 18.1. The topological polar surface area (TPSA) is 82.8 Å². The van der Waals surface area contributed by atoms with E-state index in [1.807, 2.05) is 6.07 Å². The van der Waals surface area contributed by atoms with Crippen LogP contribution in [0.25, 0.3) is 11.1 Å². The molecule has 6 nitrogen and oxygen atoms in total. The van der Waals surface area contributed by atoms with E-state index >= 15 is 0 Å². The highest BCUT2D eigenvalue weighted by Crippen LogP contribution is 2.35. The molecule has 0 atom stereocenters. The predicted molar refractivity (Wildman–Crippen MR) is 120 cm³/mol. The molecule has 0 aliphatic carbocycles. The first-order chi connectivity index (χ1) is 16.2. The summed E-state index contributed by atoms with van der Waals surface area (Å²) in [6, 6.07) is 12.3. The van der Waals surface area contributed by atoms with Crippen molar-refractivity contribution in [2.75, 3.05) is 20.8 Å². The molecule has 0 spiro atoms. The number of nitriles is 1. The van der Waals surface area contributed by atoms with Crippen LogP contribution in [0, 0.1) is 28.8 Å². The summed E-state index contributed by atoms with van der Waals surface area (Å²) in [5, 5.41) is 18.1. The Balaban J connectivity index is 1.94. The number of ether oxygens (including phenoxy) is 2. The Morgan fingerprint density at radius 2 is 1.85 bits per heavy atom. The van der Waals surface area contributed by atoms with Crippen molar-refractivity contribution in [3.05, 3.63) is 77.1 Å². The summed E-state index contributed by atoms with van der Waals surface area (Å²) >= 11 is 1.17. The van der Waals surface area contributed by atoms with Crippen molar-refractivity contribution in [3.8, 4) is 28.7 Å². The van der Waals surface area contributed by atoms with Gasteiger partial charge in [-0.15, -0.1) is 0 Å². The van der Waals surface area contributed by atoms with Gasteiger partial charge in [0.15, 0.2) is 18.2 Å². The third-order valence-electron chi connectivity index (χ3n) is 4.62. The van der Waals surface area contributed by atoms with E-state index < -0.39 is 30.0 Å². The van der Waals surface area contributed by atoms with Crippen LogP contribution in [0.4, 0.5) is 13.2 Å². The minimum absolute atomic E-state index is 0.0410. The average molecular weight is 488 g/mol. The van der Waals surface area contributed by atoms with Crippen molar-refractivity contribution in [2.24, 2.45) is 0 Å². The molecule has 0 unspecified atom stereocenters. The number of hydrogen-bond donors (Lipinski definition) is 1. The molecule has 0 bridgehead atoms. The molecule has 0 saturated carbocycles. The Labute approximate surface area is 198 Å². The van der Waals surface area contributed by atoms with Crippen LogP contribution < -0.4 is 9.47 Å². The second-order valence-electron chi connectivity index (χ2n) is 7.14. The molecule has 0 aliphatic heterocycles. The van der Waals surface area contributed by atoms with Crippen molar-refractivity contribution in [2.45, 2.75) is 11.4 Å². The minimum atomic E-state index is -1.27. The molecule has 0 aromatic heterocycles. The van der Waals surface area contributed by atoms with Gasteiger partial charge in [0.05, 0.1) is 18.7 Å². The summed E-state index contributed by atoms with van der Waals surface area (Å²) in [7, 11) is 3.04. The first-order valence-corrected chi connectivity index (χ1v) is 10.6. The zero-order valence-corrected chi connectivity index (χ0v) is 19.0. The van der Waals surface area contributed by atoms with E-state index in [0.29, 0.717) is 4.90 Å². The smallest absolute Gasteiger partial charge is 0.341 e. The van der Waals surface area contributed by atoms with E-state index in [4.69, 9.17) is 19.8 Å². The van der Waals surface area contributed by atoms with Crippen LogP contribution in [0.1, 0.15) is 11.1 Å². The van der Waals surface area contributed by atoms with Crippen molar-refractivity contribution >= 4 is 17.9 Å². The van der Waals surface area contributed by atoms with Gasteiger partial charge in [0, 0.05) is 28.6 Å². The minimum Gasteiger partial charge on any atom is -0.494 e. The number of carboxylic acids is 1. The lowest BCUT2D eigenvalue weighted by Crippen LogP contribution is -2.12. The lowest BCUT2D eigenvalue weighted by atomic mass is 9.99. The Hall–Kier alpha value is -3.68. The fourth-order valence-electron chi connectivity index (χ4n) is 3.17.